The minimum Gasteiger partial charge on any atom is -0.357 e. The Morgan fingerprint density at radius 2 is 1.64 bits per heavy atom. The van der Waals surface area contributed by atoms with E-state index in [4.69, 9.17) is 0 Å². The zero-order valence-corrected chi connectivity index (χ0v) is 19.7. The number of para-hydroxylation sites is 1. The molecule has 4 nitrogen and oxygen atoms in total. The third-order valence-corrected chi connectivity index (χ3v) is 9.17. The lowest BCUT2D eigenvalue weighted by molar-refractivity contribution is 0.340. The number of aromatic amines is 1. The van der Waals surface area contributed by atoms with Crippen molar-refractivity contribution in [1.29, 1.82) is 0 Å². The maximum absolute atomic E-state index is 14.1. The number of rotatable bonds is 3. The highest BCUT2D eigenvalue weighted by molar-refractivity contribution is 7.89. The van der Waals surface area contributed by atoms with Crippen molar-refractivity contribution in [3.8, 4) is 0 Å². The molecule has 0 fully saturated rings. The fourth-order valence-electron chi connectivity index (χ4n) is 5.56. The average molecular weight is 457 g/mol. The van der Waals surface area contributed by atoms with Crippen molar-refractivity contribution >= 4 is 20.9 Å². The molecule has 33 heavy (non-hydrogen) atoms. The van der Waals surface area contributed by atoms with Crippen LogP contribution in [0.25, 0.3) is 10.9 Å². The highest BCUT2D eigenvalue weighted by atomic mass is 32.2. The minimum atomic E-state index is -3.67. The van der Waals surface area contributed by atoms with Crippen molar-refractivity contribution < 1.29 is 8.42 Å². The van der Waals surface area contributed by atoms with E-state index in [1.807, 2.05) is 30.3 Å². The minimum absolute atomic E-state index is 0.372. The van der Waals surface area contributed by atoms with Gasteiger partial charge in [-0.2, -0.15) is 4.31 Å². The van der Waals surface area contributed by atoms with Crippen molar-refractivity contribution in [1.82, 2.24) is 9.29 Å². The quantitative estimate of drug-likeness (QED) is 0.430. The number of hydrogen-bond donors (Lipinski definition) is 1. The fraction of sp³-hybridized carbons (Fsp3) is 0.286. The van der Waals surface area contributed by atoms with Crippen molar-refractivity contribution in [3.05, 3.63) is 100 Å². The first kappa shape index (κ1) is 20.7. The molecule has 2 aliphatic rings. The molecule has 1 aromatic heterocycles. The summed E-state index contributed by atoms with van der Waals surface area (Å²) >= 11 is 0. The third-order valence-electron chi connectivity index (χ3n) is 7.31. The van der Waals surface area contributed by atoms with Gasteiger partial charge in [0.05, 0.1) is 10.9 Å². The monoisotopic (exact) mass is 456 g/mol. The lowest BCUT2D eigenvalue weighted by atomic mass is 9.92. The number of aryl methyl sites for hydroxylation is 3. The normalized spacial score (nSPS) is 18.8. The van der Waals surface area contributed by atoms with Gasteiger partial charge in [-0.25, -0.2) is 8.42 Å². The van der Waals surface area contributed by atoms with E-state index in [0.29, 0.717) is 17.9 Å². The molecule has 1 aliphatic carbocycles. The van der Waals surface area contributed by atoms with Gasteiger partial charge in [0, 0.05) is 23.1 Å². The Balaban J connectivity index is 1.51. The number of nitrogens with one attached hydrogen (secondary N) is 1. The Kier molecular flexibility index (Phi) is 4.93. The Bertz CT molecular complexity index is 1450. The Labute approximate surface area is 195 Å². The smallest absolute Gasteiger partial charge is 0.244 e. The van der Waals surface area contributed by atoms with Gasteiger partial charge in [0.2, 0.25) is 10.0 Å². The van der Waals surface area contributed by atoms with E-state index in [0.717, 1.165) is 41.6 Å². The van der Waals surface area contributed by atoms with Crippen LogP contribution in [0.1, 0.15) is 52.4 Å². The Morgan fingerprint density at radius 1 is 0.879 bits per heavy atom. The van der Waals surface area contributed by atoms with Gasteiger partial charge in [-0.1, -0.05) is 54.1 Å². The average Bonchev–Trinajstić information content (AvgIpc) is 3.22. The SMILES string of the molecule is Cc1ccc([C@H]2c3[nH]c4ccccc4c3CCN2S(=O)(=O)c2ccc3c(c2)CCCC3)cc1. The van der Waals surface area contributed by atoms with Gasteiger partial charge in [-0.3, -0.25) is 0 Å². The molecule has 1 atom stereocenters. The van der Waals surface area contributed by atoms with Crippen LogP contribution in [0.15, 0.2) is 71.6 Å². The van der Waals surface area contributed by atoms with Crippen LogP contribution in [0, 0.1) is 6.92 Å². The number of benzene rings is 3. The second-order valence-corrected chi connectivity index (χ2v) is 11.3. The van der Waals surface area contributed by atoms with Crippen LogP contribution in [0.4, 0.5) is 0 Å². The molecule has 0 radical (unpaired) electrons. The number of fused-ring (bicyclic) bond motifs is 4. The fourth-order valence-corrected chi connectivity index (χ4v) is 7.20. The van der Waals surface area contributed by atoms with Gasteiger partial charge >= 0.3 is 0 Å². The largest absolute Gasteiger partial charge is 0.357 e. The lowest BCUT2D eigenvalue weighted by Gasteiger charge is -2.35. The molecule has 2 heterocycles. The summed E-state index contributed by atoms with van der Waals surface area (Å²) in [6.45, 7) is 2.52. The lowest BCUT2D eigenvalue weighted by Crippen LogP contribution is -2.40. The summed E-state index contributed by atoms with van der Waals surface area (Å²) in [5.41, 5.74) is 7.93. The summed E-state index contributed by atoms with van der Waals surface area (Å²) in [6.07, 6.45) is 5.02. The van der Waals surface area contributed by atoms with Crippen LogP contribution in [0.5, 0.6) is 0 Å². The van der Waals surface area contributed by atoms with E-state index in [1.54, 1.807) is 4.31 Å². The molecule has 0 unspecified atom stereocenters. The van der Waals surface area contributed by atoms with E-state index < -0.39 is 10.0 Å². The molecule has 3 aromatic carbocycles. The second kappa shape index (κ2) is 7.86. The highest BCUT2D eigenvalue weighted by Crippen LogP contribution is 2.41. The zero-order valence-electron chi connectivity index (χ0n) is 18.8. The first-order chi connectivity index (χ1) is 16.0. The van der Waals surface area contributed by atoms with Crippen molar-refractivity contribution in [2.75, 3.05) is 6.54 Å². The molecule has 6 rings (SSSR count). The molecular formula is C28H28N2O2S. The van der Waals surface area contributed by atoms with Crippen molar-refractivity contribution in [2.45, 2.75) is 50.0 Å². The molecule has 5 heteroatoms. The van der Waals surface area contributed by atoms with Crippen LogP contribution in [-0.2, 0) is 29.3 Å². The van der Waals surface area contributed by atoms with Crippen LogP contribution >= 0.6 is 0 Å². The van der Waals surface area contributed by atoms with Crippen LogP contribution in [0.3, 0.4) is 0 Å². The van der Waals surface area contributed by atoms with Gasteiger partial charge in [0.1, 0.15) is 0 Å². The molecule has 1 aliphatic heterocycles. The number of nitrogens with zero attached hydrogens (tertiary/aromatic N) is 1. The van der Waals surface area contributed by atoms with Gasteiger partial charge in [-0.15, -0.1) is 0 Å². The Hall–Kier alpha value is -2.89. The van der Waals surface area contributed by atoms with E-state index in [9.17, 15) is 8.42 Å². The van der Waals surface area contributed by atoms with Gasteiger partial charge in [0.15, 0.2) is 0 Å². The third kappa shape index (κ3) is 3.42. The number of aromatic nitrogens is 1. The molecular weight excluding hydrogens is 428 g/mol. The van der Waals surface area contributed by atoms with E-state index in [2.05, 4.69) is 48.3 Å². The summed E-state index contributed by atoms with van der Waals surface area (Å²) in [5.74, 6) is 0. The summed E-state index contributed by atoms with van der Waals surface area (Å²) in [5, 5.41) is 1.19. The number of hydrogen-bond acceptors (Lipinski definition) is 2. The zero-order chi connectivity index (χ0) is 22.6. The predicted molar refractivity (Wildman–Crippen MR) is 132 cm³/mol. The summed E-state index contributed by atoms with van der Waals surface area (Å²) in [7, 11) is -3.67. The summed E-state index contributed by atoms with van der Waals surface area (Å²) in [6, 6.07) is 21.9. The standard InChI is InChI=1S/C28H28N2O2S/c1-19-10-12-21(13-11-19)28-27-25(24-8-4-5-9-26(24)29-27)16-17-30(28)33(31,32)23-15-14-20-6-2-3-7-22(20)18-23/h4-5,8-15,18,28-29H,2-3,6-7,16-17H2,1H3/t28-/m0/s1. The first-order valence-electron chi connectivity index (χ1n) is 11.8. The Morgan fingerprint density at radius 3 is 2.45 bits per heavy atom. The maximum Gasteiger partial charge on any atom is 0.244 e. The second-order valence-electron chi connectivity index (χ2n) is 9.38. The van der Waals surface area contributed by atoms with Gasteiger partial charge in [-0.05, 0) is 79.5 Å². The number of sulfonamides is 1. The molecule has 0 spiro atoms. The topological polar surface area (TPSA) is 53.2 Å². The number of H-pyrrole nitrogens is 1. The van der Waals surface area contributed by atoms with Gasteiger partial charge < -0.3 is 4.98 Å². The molecule has 0 saturated heterocycles. The van der Waals surface area contributed by atoms with Crippen molar-refractivity contribution in [3.63, 3.8) is 0 Å². The van der Waals surface area contributed by atoms with E-state index in [-0.39, 0.29) is 6.04 Å². The molecule has 0 amide bonds. The van der Waals surface area contributed by atoms with Gasteiger partial charge in [0.25, 0.3) is 0 Å². The maximum atomic E-state index is 14.1. The first-order valence-corrected chi connectivity index (χ1v) is 13.3. The summed E-state index contributed by atoms with van der Waals surface area (Å²) < 4.78 is 29.8. The molecule has 168 valence electrons. The molecule has 0 bridgehead atoms. The molecule has 1 N–H and O–H groups in total. The molecule has 4 aromatic rings. The van der Waals surface area contributed by atoms with Crippen molar-refractivity contribution in [2.24, 2.45) is 0 Å². The van der Waals surface area contributed by atoms with E-state index >= 15 is 0 Å². The summed E-state index contributed by atoms with van der Waals surface area (Å²) in [4.78, 5) is 3.99. The molecule has 0 saturated carbocycles. The van der Waals surface area contributed by atoms with Crippen LogP contribution in [0.2, 0.25) is 0 Å². The van der Waals surface area contributed by atoms with Crippen LogP contribution < -0.4 is 0 Å². The van der Waals surface area contributed by atoms with E-state index in [1.165, 1.54) is 28.5 Å². The van der Waals surface area contributed by atoms with Crippen LogP contribution in [-0.4, -0.2) is 24.3 Å². The predicted octanol–water partition coefficient (Wildman–Crippen LogP) is 5.69. The highest BCUT2D eigenvalue weighted by Gasteiger charge is 2.39.